The van der Waals surface area contributed by atoms with Crippen molar-refractivity contribution in [2.24, 2.45) is 0 Å². The van der Waals surface area contributed by atoms with Crippen molar-refractivity contribution in [3.8, 4) is 0 Å². The second-order valence-corrected chi connectivity index (χ2v) is 3.12. The standard InChI is InChI=1S/Ca.2Mn.H2O.8O/h;;;1H2;;;;;;;;/q+2;;;;;;;;;;2*-1. The van der Waals surface area contributed by atoms with E-state index in [0.717, 1.165) is 0 Å². The van der Waals surface area contributed by atoms with Crippen molar-refractivity contribution in [1.82, 2.24) is 0 Å². The van der Waals surface area contributed by atoms with Gasteiger partial charge >= 0.3 is 95.1 Å². The molecule has 0 aliphatic heterocycles. The van der Waals surface area contributed by atoms with Gasteiger partial charge in [0.25, 0.3) is 0 Å². The predicted molar refractivity (Wildman–Crippen MR) is 13.5 cm³/mol. The Bertz CT molecular complexity index is 297. The molecule has 12 heteroatoms. The van der Waals surface area contributed by atoms with Crippen LogP contribution in [0, 0.1) is 0 Å². The van der Waals surface area contributed by atoms with Crippen LogP contribution in [0.3, 0.4) is 0 Å². The summed E-state index contributed by atoms with van der Waals surface area (Å²) in [5.74, 6) is 0. The molecule has 0 unspecified atom stereocenters. The first-order chi connectivity index (χ1) is 4.00. The summed E-state index contributed by atoms with van der Waals surface area (Å²) in [5.41, 5.74) is 0. The summed E-state index contributed by atoms with van der Waals surface area (Å²) < 4.78 is 68.6. The molecular weight excluding hydrogens is 294 g/mol. The van der Waals surface area contributed by atoms with E-state index in [9.17, 15) is 0 Å². The molecule has 0 bridgehead atoms. The van der Waals surface area contributed by atoms with Gasteiger partial charge in [0.1, 0.15) is 0 Å². The Morgan fingerprint density at radius 2 is 0.667 bits per heavy atom. The van der Waals surface area contributed by atoms with Gasteiger partial charge in [-0.05, 0) is 0 Å². The Hall–Kier alpha value is 0.979. The molecule has 0 rings (SSSR count). The first kappa shape index (κ1) is 23.1. The van der Waals surface area contributed by atoms with Crippen molar-refractivity contribution in [3.63, 3.8) is 0 Å². The summed E-state index contributed by atoms with van der Waals surface area (Å²) in [4.78, 5) is 0. The maximum atomic E-state index is 8.58. The van der Waals surface area contributed by atoms with Crippen molar-refractivity contribution in [1.29, 1.82) is 0 Å². The molecule has 0 heterocycles. The third-order valence-electron chi connectivity index (χ3n) is 0. The van der Waals surface area contributed by atoms with Gasteiger partial charge in [-0.25, -0.2) is 0 Å². The van der Waals surface area contributed by atoms with Gasteiger partial charge in [-0.1, -0.05) is 0 Å². The zero-order valence-corrected chi connectivity index (χ0v) is 9.80. The van der Waals surface area contributed by atoms with Gasteiger partial charge in [0.2, 0.25) is 0 Å². The fourth-order valence-electron chi connectivity index (χ4n) is 0. The van der Waals surface area contributed by atoms with Gasteiger partial charge in [0, 0.05) is 0 Å². The molecule has 72 valence electrons. The van der Waals surface area contributed by atoms with Gasteiger partial charge < -0.3 is 5.48 Å². The maximum absolute atomic E-state index is 8.58. The van der Waals surface area contributed by atoms with Crippen LogP contribution in [-0.2, 0) is 48.9 Å². The van der Waals surface area contributed by atoms with Gasteiger partial charge in [-0.2, -0.15) is 0 Å². The zero-order valence-electron chi connectivity index (χ0n) is 5.23. The monoisotopic (exact) mass is 296 g/mol. The summed E-state index contributed by atoms with van der Waals surface area (Å²) in [6.07, 6.45) is 0. The fraction of sp³-hybridized carbons (Fsp3) is 0. The van der Waals surface area contributed by atoms with Gasteiger partial charge in [0.05, 0.1) is 0 Å². The van der Waals surface area contributed by atoms with Crippen LogP contribution in [-0.4, -0.2) is 43.2 Å². The van der Waals surface area contributed by atoms with E-state index in [1.165, 1.54) is 0 Å². The second kappa shape index (κ2) is 8.57. The molecular formula is H2CaMn2O9. The summed E-state index contributed by atoms with van der Waals surface area (Å²) in [5, 5.41) is 0. The van der Waals surface area contributed by atoms with Gasteiger partial charge in [0.15, 0.2) is 0 Å². The Morgan fingerprint density at radius 3 is 0.667 bits per heavy atom. The average Bonchev–Trinajstić information content (AvgIpc) is 1.12. The molecule has 0 aromatic rings. The minimum atomic E-state index is -5.62. The van der Waals surface area contributed by atoms with Crippen LogP contribution >= 0.6 is 0 Å². The van der Waals surface area contributed by atoms with E-state index in [1.54, 1.807) is 0 Å². The quantitative estimate of drug-likeness (QED) is 0.402. The molecule has 0 aliphatic rings. The Kier molecular flexibility index (Phi) is 16.5. The van der Waals surface area contributed by atoms with Crippen LogP contribution in [0.4, 0.5) is 0 Å². The summed E-state index contributed by atoms with van der Waals surface area (Å²) in [7, 11) is 0. The molecule has 0 atom stereocenters. The van der Waals surface area contributed by atoms with Gasteiger partial charge in [-0.15, -0.1) is 0 Å². The number of hydrogen-bond donors (Lipinski definition) is 0. The molecule has 0 aromatic carbocycles. The van der Waals surface area contributed by atoms with E-state index >= 15 is 0 Å². The molecule has 0 saturated heterocycles. The van der Waals surface area contributed by atoms with Crippen molar-refractivity contribution in [3.05, 3.63) is 0 Å². The SMILES string of the molecule is O.[Ca+2].[O]=[Mn](=[O])(=[O])[O-].[O]=[Mn](=[O])(=[O])[O-]. The van der Waals surface area contributed by atoms with E-state index in [-0.39, 0.29) is 43.2 Å². The molecule has 0 aromatic heterocycles. The van der Waals surface area contributed by atoms with Crippen LogP contribution in [0.1, 0.15) is 0 Å². The van der Waals surface area contributed by atoms with Crippen LogP contribution in [0.15, 0.2) is 0 Å². The van der Waals surface area contributed by atoms with Crippen LogP contribution < -0.4 is 8.38 Å². The van der Waals surface area contributed by atoms with E-state index in [4.69, 9.17) is 31.4 Å². The number of rotatable bonds is 0. The average molecular weight is 296 g/mol. The fourth-order valence-corrected chi connectivity index (χ4v) is 0. The normalized spacial score (nSPS) is 9.50. The van der Waals surface area contributed by atoms with Crippen molar-refractivity contribution in [2.75, 3.05) is 0 Å². The third kappa shape index (κ3) is 1140. The molecule has 0 spiro atoms. The molecule has 0 radical (unpaired) electrons. The van der Waals surface area contributed by atoms with E-state index in [2.05, 4.69) is 0 Å². The topological polar surface area (TPSA) is 180 Å². The van der Waals surface area contributed by atoms with Crippen molar-refractivity contribution >= 4 is 37.7 Å². The molecule has 0 amide bonds. The van der Waals surface area contributed by atoms with E-state index in [1.807, 2.05) is 0 Å². The van der Waals surface area contributed by atoms with Crippen LogP contribution in [0.2, 0.25) is 0 Å². The molecule has 2 N–H and O–H groups in total. The van der Waals surface area contributed by atoms with E-state index < -0.39 is 25.9 Å². The minimum absolute atomic E-state index is 0. The third-order valence-corrected chi connectivity index (χ3v) is 0. The molecule has 0 saturated carbocycles. The van der Waals surface area contributed by atoms with E-state index in [0.29, 0.717) is 0 Å². The van der Waals surface area contributed by atoms with Gasteiger partial charge in [-0.3, -0.25) is 0 Å². The summed E-state index contributed by atoms with van der Waals surface area (Å²) >= 11 is -11.2. The molecule has 0 fully saturated rings. The molecule has 9 nitrogen and oxygen atoms in total. The Morgan fingerprint density at radius 1 is 0.667 bits per heavy atom. The Balaban J connectivity index is -0.0000000457. The molecule has 12 heavy (non-hydrogen) atoms. The first-order valence-electron chi connectivity index (χ1n) is 1.23. The first-order valence-corrected chi connectivity index (χ1v) is 5.09. The summed E-state index contributed by atoms with van der Waals surface area (Å²) in [6, 6.07) is 0. The number of hydrogen-bond acceptors (Lipinski definition) is 8. The van der Waals surface area contributed by atoms with Crippen molar-refractivity contribution in [2.45, 2.75) is 0 Å². The predicted octanol–water partition coefficient (Wildman–Crippen LogP) is -4.30. The van der Waals surface area contributed by atoms with Crippen molar-refractivity contribution < 1.29 is 62.8 Å². The van der Waals surface area contributed by atoms with Crippen LogP contribution in [0.5, 0.6) is 0 Å². The molecule has 0 aliphatic carbocycles. The van der Waals surface area contributed by atoms with Crippen LogP contribution in [0.25, 0.3) is 0 Å². The Labute approximate surface area is 99.4 Å². The second-order valence-electron chi connectivity index (χ2n) is 0.756. The zero-order chi connectivity index (χ0) is 9.00. The summed E-state index contributed by atoms with van der Waals surface area (Å²) in [6.45, 7) is 0.